The van der Waals surface area contributed by atoms with E-state index in [-0.39, 0.29) is 0 Å². The smallest absolute Gasteiger partial charge is 0.334 e. The summed E-state index contributed by atoms with van der Waals surface area (Å²) in [4.78, 5) is 0. The molecule has 0 spiro atoms. The van der Waals surface area contributed by atoms with Gasteiger partial charge in [0.05, 0.1) is 0 Å². The van der Waals surface area contributed by atoms with Crippen molar-refractivity contribution in [3.8, 4) is 0 Å². The first-order chi connectivity index (χ1) is 6.68. The number of unbranched alkanes of at least 4 members (excludes halogenated alkanes) is 1. The average molecular weight is 219 g/mol. The van der Waals surface area contributed by atoms with Crippen LogP contribution in [0.25, 0.3) is 0 Å². The van der Waals surface area contributed by atoms with Crippen molar-refractivity contribution in [2.75, 3.05) is 26.8 Å². The molecular weight excluding hydrogens is 194 g/mol. The van der Waals surface area contributed by atoms with Gasteiger partial charge in [0.25, 0.3) is 0 Å². The molecule has 0 aliphatic carbocycles. The second-order valence-corrected chi connectivity index (χ2v) is 6.91. The Morgan fingerprint density at radius 2 is 1.64 bits per heavy atom. The fraction of sp³-hybridized carbons (Fsp3) is 1.00. The Morgan fingerprint density at radius 3 is 2.07 bits per heavy atom. The van der Waals surface area contributed by atoms with Crippen molar-refractivity contribution in [2.24, 2.45) is 0 Å². The van der Waals surface area contributed by atoms with Crippen LogP contribution in [0, 0.1) is 0 Å². The zero-order valence-corrected chi connectivity index (χ0v) is 11.1. The molecule has 4 heteroatoms. The maximum absolute atomic E-state index is 5.75. The van der Waals surface area contributed by atoms with Gasteiger partial charge in [0, 0.05) is 13.2 Å². The Kier molecular flexibility index (Phi) is 8.47. The van der Waals surface area contributed by atoms with Gasteiger partial charge in [-0.3, -0.25) is 0 Å². The monoisotopic (exact) mass is 219 g/mol. The van der Waals surface area contributed by atoms with E-state index in [9.17, 15) is 0 Å². The topological polar surface area (TPSA) is 30.5 Å². The molecule has 0 unspecified atom stereocenters. The number of nitrogens with one attached hydrogen (secondary N) is 1. The summed E-state index contributed by atoms with van der Waals surface area (Å²) in [6, 6.07) is 1.11. The van der Waals surface area contributed by atoms with Crippen LogP contribution in [-0.4, -0.2) is 35.4 Å². The Hall–Kier alpha value is 0.0969. The van der Waals surface area contributed by atoms with Gasteiger partial charge in [-0.05, 0) is 46.5 Å². The molecule has 0 aliphatic rings. The van der Waals surface area contributed by atoms with Gasteiger partial charge in [0.1, 0.15) is 0 Å². The van der Waals surface area contributed by atoms with Crippen LogP contribution < -0.4 is 5.32 Å². The average Bonchev–Trinajstić information content (AvgIpc) is 2.13. The molecule has 0 saturated heterocycles. The minimum atomic E-state index is -1.83. The fourth-order valence-corrected chi connectivity index (χ4v) is 4.03. The zero-order chi connectivity index (χ0) is 10.9. The molecule has 3 nitrogen and oxygen atoms in total. The molecule has 0 aromatic heterocycles. The highest BCUT2D eigenvalue weighted by Gasteiger charge is 2.29. The molecule has 0 aromatic rings. The van der Waals surface area contributed by atoms with Gasteiger partial charge in [-0.1, -0.05) is 6.42 Å². The summed E-state index contributed by atoms with van der Waals surface area (Å²) in [6.07, 6.45) is 2.41. The van der Waals surface area contributed by atoms with E-state index in [1.165, 1.54) is 12.8 Å². The Bertz CT molecular complexity index is 127. The lowest BCUT2D eigenvalue weighted by Crippen LogP contribution is -2.38. The highest BCUT2D eigenvalue weighted by molar-refractivity contribution is 6.66. The lowest BCUT2D eigenvalue weighted by Gasteiger charge is -2.25. The standard InChI is InChI=1S/C10H25NO2Si/c1-5-12-14(4,13-6-2)10-8-7-9-11-3/h11H,5-10H2,1-4H3. The van der Waals surface area contributed by atoms with Gasteiger partial charge in [0.2, 0.25) is 0 Å². The van der Waals surface area contributed by atoms with E-state index in [2.05, 4.69) is 11.9 Å². The highest BCUT2D eigenvalue weighted by Crippen LogP contribution is 2.16. The molecule has 0 radical (unpaired) electrons. The van der Waals surface area contributed by atoms with E-state index in [0.717, 1.165) is 25.8 Å². The third-order valence-electron chi connectivity index (χ3n) is 2.21. The first-order valence-corrected chi connectivity index (χ1v) is 8.13. The van der Waals surface area contributed by atoms with Gasteiger partial charge in [-0.25, -0.2) is 0 Å². The van der Waals surface area contributed by atoms with Gasteiger partial charge in [-0.15, -0.1) is 0 Å². The van der Waals surface area contributed by atoms with E-state index >= 15 is 0 Å². The van der Waals surface area contributed by atoms with E-state index in [4.69, 9.17) is 8.85 Å². The molecule has 86 valence electrons. The SMILES string of the molecule is CCO[Si](C)(CCCCNC)OCC. The summed E-state index contributed by atoms with van der Waals surface area (Å²) in [5, 5.41) is 3.15. The summed E-state index contributed by atoms with van der Waals surface area (Å²) in [5.41, 5.74) is 0. The van der Waals surface area contributed by atoms with Crippen LogP contribution >= 0.6 is 0 Å². The van der Waals surface area contributed by atoms with Crippen LogP contribution in [0.1, 0.15) is 26.7 Å². The van der Waals surface area contributed by atoms with Gasteiger partial charge < -0.3 is 14.2 Å². The fourth-order valence-electron chi connectivity index (χ4n) is 1.54. The van der Waals surface area contributed by atoms with Crippen molar-refractivity contribution in [1.29, 1.82) is 0 Å². The second kappa shape index (κ2) is 8.41. The minimum absolute atomic E-state index is 0.773. The maximum Gasteiger partial charge on any atom is 0.334 e. The molecule has 0 atom stereocenters. The Morgan fingerprint density at radius 1 is 1.07 bits per heavy atom. The van der Waals surface area contributed by atoms with E-state index in [0.29, 0.717) is 0 Å². The predicted octanol–water partition coefficient (Wildman–Crippen LogP) is 2.13. The van der Waals surface area contributed by atoms with Gasteiger partial charge in [-0.2, -0.15) is 0 Å². The molecule has 0 heterocycles. The predicted molar refractivity (Wildman–Crippen MR) is 62.8 cm³/mol. The van der Waals surface area contributed by atoms with Crippen LogP contribution in [0.2, 0.25) is 12.6 Å². The quantitative estimate of drug-likeness (QED) is 0.476. The van der Waals surface area contributed by atoms with Crippen LogP contribution in [-0.2, 0) is 8.85 Å². The molecule has 0 fully saturated rings. The summed E-state index contributed by atoms with van der Waals surface area (Å²) in [7, 11) is 0.161. The van der Waals surface area contributed by atoms with Crippen molar-refractivity contribution in [3.63, 3.8) is 0 Å². The van der Waals surface area contributed by atoms with Crippen molar-refractivity contribution in [1.82, 2.24) is 5.32 Å². The largest absolute Gasteiger partial charge is 0.395 e. The van der Waals surface area contributed by atoms with Crippen molar-refractivity contribution in [3.05, 3.63) is 0 Å². The second-order valence-electron chi connectivity index (χ2n) is 3.56. The lowest BCUT2D eigenvalue weighted by atomic mass is 10.3. The number of rotatable bonds is 9. The maximum atomic E-state index is 5.75. The molecule has 0 aromatic carbocycles. The van der Waals surface area contributed by atoms with Crippen LogP contribution in [0.5, 0.6) is 0 Å². The molecule has 1 N–H and O–H groups in total. The van der Waals surface area contributed by atoms with Crippen LogP contribution in [0.15, 0.2) is 0 Å². The van der Waals surface area contributed by atoms with Crippen molar-refractivity contribution in [2.45, 2.75) is 39.3 Å². The zero-order valence-electron chi connectivity index (χ0n) is 10.1. The molecular formula is C10H25NO2Si. The molecule has 14 heavy (non-hydrogen) atoms. The Balaban J connectivity index is 3.71. The summed E-state index contributed by atoms with van der Waals surface area (Å²) < 4.78 is 11.5. The van der Waals surface area contributed by atoms with E-state index in [1.807, 2.05) is 20.9 Å². The van der Waals surface area contributed by atoms with Gasteiger partial charge >= 0.3 is 8.56 Å². The van der Waals surface area contributed by atoms with Crippen LogP contribution in [0.3, 0.4) is 0 Å². The normalized spacial score (nSPS) is 12.0. The third kappa shape index (κ3) is 6.54. The first-order valence-electron chi connectivity index (χ1n) is 5.61. The molecule has 0 bridgehead atoms. The van der Waals surface area contributed by atoms with Crippen molar-refractivity contribution >= 4 is 8.56 Å². The lowest BCUT2D eigenvalue weighted by molar-refractivity contribution is 0.188. The first kappa shape index (κ1) is 14.1. The summed E-state index contributed by atoms with van der Waals surface area (Å²) in [6.45, 7) is 8.88. The minimum Gasteiger partial charge on any atom is -0.395 e. The highest BCUT2D eigenvalue weighted by atomic mass is 28.4. The summed E-state index contributed by atoms with van der Waals surface area (Å²) in [5.74, 6) is 0. The molecule has 0 saturated carbocycles. The van der Waals surface area contributed by atoms with Gasteiger partial charge in [0.15, 0.2) is 0 Å². The number of hydrogen-bond acceptors (Lipinski definition) is 3. The summed E-state index contributed by atoms with van der Waals surface area (Å²) >= 11 is 0. The van der Waals surface area contributed by atoms with Crippen molar-refractivity contribution < 1.29 is 8.85 Å². The number of hydrogen-bond donors (Lipinski definition) is 1. The molecule has 0 amide bonds. The Labute approximate surface area is 89.4 Å². The molecule has 0 rings (SSSR count). The third-order valence-corrected chi connectivity index (χ3v) is 5.27. The van der Waals surface area contributed by atoms with E-state index in [1.54, 1.807) is 0 Å². The molecule has 0 aliphatic heterocycles. The van der Waals surface area contributed by atoms with E-state index < -0.39 is 8.56 Å². The van der Waals surface area contributed by atoms with Crippen LogP contribution in [0.4, 0.5) is 0 Å².